The average molecular weight is 454 g/mol. The van der Waals surface area contributed by atoms with Gasteiger partial charge in [0.2, 0.25) is 5.17 Å². The van der Waals surface area contributed by atoms with Gasteiger partial charge >= 0.3 is 0 Å². The molecule has 0 atom stereocenters. The summed E-state index contributed by atoms with van der Waals surface area (Å²) in [4.78, 5) is 20.9. The van der Waals surface area contributed by atoms with Gasteiger partial charge in [-0.1, -0.05) is 36.4 Å². The van der Waals surface area contributed by atoms with Gasteiger partial charge in [-0.25, -0.2) is 0 Å². The average Bonchev–Trinajstić information content (AvgIpc) is 3.27. The monoisotopic (exact) mass is 453 g/mol. The highest BCUT2D eigenvalue weighted by atomic mass is 32.2. The zero-order valence-corrected chi connectivity index (χ0v) is 18.5. The fraction of sp³-hybridized carbons (Fsp3) is 0.0800. The number of nitrogens with one attached hydrogen (secondary N) is 1. The Hall–Kier alpha value is -4.04. The number of amides is 1. The Kier molecular flexibility index (Phi) is 5.58. The first-order valence-electron chi connectivity index (χ1n) is 10.3. The van der Waals surface area contributed by atoms with Crippen LogP contribution in [0.4, 0.5) is 0 Å². The van der Waals surface area contributed by atoms with E-state index in [1.807, 2.05) is 54.6 Å². The summed E-state index contributed by atoms with van der Waals surface area (Å²) in [7, 11) is 0. The highest BCUT2D eigenvalue weighted by molar-refractivity contribution is 8.27. The minimum Gasteiger partial charge on any atom is -0.489 e. The molecular weight excluding hydrogens is 434 g/mol. The van der Waals surface area contributed by atoms with E-state index in [9.17, 15) is 4.79 Å². The molecule has 2 aliphatic rings. The second kappa shape index (κ2) is 8.84. The number of aliphatic imine (C=N–C) groups is 1. The second-order valence-corrected chi connectivity index (χ2v) is 8.41. The van der Waals surface area contributed by atoms with E-state index in [-0.39, 0.29) is 11.4 Å². The van der Waals surface area contributed by atoms with Crippen molar-refractivity contribution >= 4 is 39.8 Å². The number of hydrogen-bond acceptors (Lipinski definition) is 6. The molecule has 5 rings (SSSR count). The topological polar surface area (TPSA) is 91.0 Å². The van der Waals surface area contributed by atoms with Crippen molar-refractivity contribution in [3.63, 3.8) is 0 Å². The lowest BCUT2D eigenvalue weighted by atomic mass is 10.1. The van der Waals surface area contributed by atoms with E-state index in [1.165, 1.54) is 22.3 Å². The molecule has 7 nitrogen and oxygen atoms in total. The predicted octanol–water partition coefficient (Wildman–Crippen LogP) is 4.64. The summed E-state index contributed by atoms with van der Waals surface area (Å²) in [5.41, 5.74) is 4.08. The fourth-order valence-electron chi connectivity index (χ4n) is 3.36. The van der Waals surface area contributed by atoms with Gasteiger partial charge in [-0.3, -0.25) is 15.2 Å². The van der Waals surface area contributed by atoms with Crippen LogP contribution in [0.5, 0.6) is 5.75 Å². The SMILES string of the molecule is Cc1ccccc1COc1ccc(/C=C2/C(=N)N3N=C(c4cccnc4)SC3=NC2=O)cc1. The van der Waals surface area contributed by atoms with Crippen molar-refractivity contribution in [2.24, 2.45) is 10.1 Å². The first kappa shape index (κ1) is 20.8. The number of nitrogens with zero attached hydrogens (tertiary/aromatic N) is 4. The molecule has 0 aliphatic carbocycles. The molecule has 2 aliphatic heterocycles. The molecule has 0 fully saturated rings. The van der Waals surface area contributed by atoms with Gasteiger partial charge in [-0.2, -0.15) is 15.1 Å². The maximum Gasteiger partial charge on any atom is 0.283 e. The maximum absolute atomic E-state index is 12.6. The standard InChI is InChI=1S/C25H19N5O2S/c1-16-5-2-3-6-19(16)15-32-20-10-8-17(9-11-20)13-21-22(26)30-25(28-23(21)31)33-24(29-30)18-7-4-12-27-14-18/h2-14,26H,15H2,1H3/b21-13-,26-22?. The van der Waals surface area contributed by atoms with Crippen LogP contribution in [0.3, 0.4) is 0 Å². The van der Waals surface area contributed by atoms with Crippen molar-refractivity contribution in [2.75, 3.05) is 0 Å². The highest BCUT2D eigenvalue weighted by Crippen LogP contribution is 2.30. The Morgan fingerprint density at radius 3 is 2.67 bits per heavy atom. The van der Waals surface area contributed by atoms with E-state index < -0.39 is 5.91 Å². The van der Waals surface area contributed by atoms with Gasteiger partial charge in [-0.05, 0) is 65.7 Å². The minimum absolute atomic E-state index is 0.00345. The lowest BCUT2D eigenvalue weighted by Gasteiger charge is -2.20. The zero-order chi connectivity index (χ0) is 22.8. The van der Waals surface area contributed by atoms with Gasteiger partial charge in [0.05, 0.1) is 5.57 Å². The quantitative estimate of drug-likeness (QED) is 0.569. The van der Waals surface area contributed by atoms with E-state index in [1.54, 1.807) is 18.5 Å². The normalized spacial score (nSPS) is 16.5. The van der Waals surface area contributed by atoms with Gasteiger partial charge in [0.25, 0.3) is 5.91 Å². The number of hydrogen-bond donors (Lipinski definition) is 1. The first-order valence-corrected chi connectivity index (χ1v) is 11.1. The van der Waals surface area contributed by atoms with Crippen molar-refractivity contribution in [3.05, 3.63) is 101 Å². The van der Waals surface area contributed by atoms with Gasteiger partial charge in [0.1, 0.15) is 17.4 Å². The molecule has 33 heavy (non-hydrogen) atoms. The van der Waals surface area contributed by atoms with Crippen molar-refractivity contribution in [2.45, 2.75) is 13.5 Å². The number of carbonyl (C=O) groups is 1. The number of ether oxygens (including phenoxy) is 1. The molecule has 1 amide bonds. The van der Waals surface area contributed by atoms with Gasteiger partial charge < -0.3 is 4.74 Å². The van der Waals surface area contributed by atoms with Crippen molar-refractivity contribution in [1.82, 2.24) is 9.99 Å². The molecule has 0 bridgehead atoms. The molecule has 162 valence electrons. The Labute approximate surface area is 195 Å². The number of aromatic nitrogens is 1. The van der Waals surface area contributed by atoms with Crippen molar-refractivity contribution < 1.29 is 9.53 Å². The molecule has 0 spiro atoms. The summed E-state index contributed by atoms with van der Waals surface area (Å²) in [6, 6.07) is 19.2. The van der Waals surface area contributed by atoms with Crippen LogP contribution < -0.4 is 4.74 Å². The van der Waals surface area contributed by atoms with E-state index in [0.717, 1.165) is 22.4 Å². The number of thioether (sulfide) groups is 1. The Morgan fingerprint density at radius 2 is 1.91 bits per heavy atom. The van der Waals surface area contributed by atoms with Crippen LogP contribution in [0.25, 0.3) is 6.08 Å². The molecule has 3 aromatic rings. The number of amidine groups is 2. The van der Waals surface area contributed by atoms with E-state index >= 15 is 0 Å². The van der Waals surface area contributed by atoms with Gasteiger partial charge in [-0.15, -0.1) is 0 Å². The lowest BCUT2D eigenvalue weighted by molar-refractivity contribution is -0.114. The molecule has 3 heterocycles. The molecule has 0 unspecified atom stereocenters. The Bertz CT molecular complexity index is 1330. The van der Waals surface area contributed by atoms with Crippen LogP contribution >= 0.6 is 11.8 Å². The van der Waals surface area contributed by atoms with Crippen LogP contribution in [0.2, 0.25) is 0 Å². The largest absolute Gasteiger partial charge is 0.489 e. The number of aryl methyl sites for hydroxylation is 1. The molecule has 0 radical (unpaired) electrons. The number of pyridine rings is 1. The summed E-state index contributed by atoms with van der Waals surface area (Å²) >= 11 is 1.25. The maximum atomic E-state index is 12.6. The Morgan fingerprint density at radius 1 is 1.09 bits per heavy atom. The third-order valence-electron chi connectivity index (χ3n) is 5.21. The number of carbonyl (C=O) groups excluding carboxylic acids is 1. The number of hydrazone groups is 1. The third-order valence-corrected chi connectivity index (χ3v) is 6.17. The summed E-state index contributed by atoms with van der Waals surface area (Å²) in [5.74, 6) is 0.268. The van der Waals surface area contributed by atoms with Crippen LogP contribution in [0.15, 0.2) is 88.7 Å². The van der Waals surface area contributed by atoms with E-state index in [0.29, 0.717) is 16.8 Å². The summed E-state index contributed by atoms with van der Waals surface area (Å²) in [5, 5.41) is 15.4. The van der Waals surface area contributed by atoms with Crippen LogP contribution in [0.1, 0.15) is 22.3 Å². The fourth-order valence-corrected chi connectivity index (χ4v) is 4.24. The molecule has 1 aromatic heterocycles. The van der Waals surface area contributed by atoms with Gasteiger partial charge in [0, 0.05) is 18.0 Å². The number of benzene rings is 2. The molecule has 0 saturated carbocycles. The molecule has 0 saturated heterocycles. The van der Waals surface area contributed by atoms with E-state index in [4.69, 9.17) is 10.1 Å². The zero-order valence-electron chi connectivity index (χ0n) is 17.7. The second-order valence-electron chi connectivity index (χ2n) is 7.45. The minimum atomic E-state index is -0.457. The molecule has 2 aromatic carbocycles. The summed E-state index contributed by atoms with van der Waals surface area (Å²) in [6.45, 7) is 2.54. The summed E-state index contributed by atoms with van der Waals surface area (Å²) < 4.78 is 5.89. The first-order chi connectivity index (χ1) is 16.1. The van der Waals surface area contributed by atoms with Crippen molar-refractivity contribution in [3.8, 4) is 5.75 Å². The lowest BCUT2D eigenvalue weighted by Crippen LogP contribution is -2.35. The Balaban J connectivity index is 1.32. The number of rotatable bonds is 5. The van der Waals surface area contributed by atoms with Crippen LogP contribution in [-0.2, 0) is 11.4 Å². The van der Waals surface area contributed by atoms with Crippen molar-refractivity contribution in [1.29, 1.82) is 5.41 Å². The van der Waals surface area contributed by atoms with E-state index in [2.05, 4.69) is 28.1 Å². The predicted molar refractivity (Wildman–Crippen MR) is 130 cm³/mol. The van der Waals surface area contributed by atoms with Crippen LogP contribution in [0, 0.1) is 12.3 Å². The number of fused-ring (bicyclic) bond motifs is 1. The molecule has 8 heteroatoms. The molecular formula is C25H19N5O2S. The molecule has 1 N–H and O–H groups in total. The van der Waals surface area contributed by atoms with Crippen LogP contribution in [-0.4, -0.2) is 31.9 Å². The highest BCUT2D eigenvalue weighted by Gasteiger charge is 2.36. The summed E-state index contributed by atoms with van der Waals surface area (Å²) in [6.07, 6.45) is 5.02. The smallest absolute Gasteiger partial charge is 0.283 e. The third kappa shape index (κ3) is 4.33. The van der Waals surface area contributed by atoms with Gasteiger partial charge in [0.15, 0.2) is 5.84 Å².